The number of benzene rings is 1. The molecule has 1 saturated heterocycles. The highest BCUT2D eigenvalue weighted by atomic mass is 16.6. The summed E-state index contributed by atoms with van der Waals surface area (Å²) in [5.74, 6) is 6.44. The molecule has 178 valence electrons. The van der Waals surface area contributed by atoms with Crippen LogP contribution in [0.15, 0.2) is 33.9 Å². The molecule has 2 aromatic heterocycles. The van der Waals surface area contributed by atoms with Crippen molar-refractivity contribution in [3.8, 4) is 11.8 Å². The summed E-state index contributed by atoms with van der Waals surface area (Å²) in [7, 11) is 1.58. The van der Waals surface area contributed by atoms with E-state index in [1.807, 2.05) is 4.90 Å². The lowest BCUT2D eigenvalue weighted by molar-refractivity contribution is -0.384. The zero-order chi connectivity index (χ0) is 24.6. The zero-order valence-electron chi connectivity index (χ0n) is 19.4. The number of fused-ring (bicyclic) bond motifs is 1. The van der Waals surface area contributed by atoms with Crippen LogP contribution in [0.3, 0.4) is 0 Å². The molecule has 1 aliphatic rings. The number of nitrogens with zero attached hydrogens (tertiary/aromatic N) is 6. The molecule has 0 bridgehead atoms. The summed E-state index contributed by atoms with van der Waals surface area (Å²) in [6.45, 7) is 5.03. The van der Waals surface area contributed by atoms with Crippen LogP contribution >= 0.6 is 0 Å². The molecule has 4 rings (SSSR count). The third kappa shape index (κ3) is 3.97. The van der Waals surface area contributed by atoms with Crippen LogP contribution in [0.25, 0.3) is 11.2 Å². The van der Waals surface area contributed by atoms with Gasteiger partial charge >= 0.3 is 5.69 Å². The Bertz CT molecular complexity index is 1420. The van der Waals surface area contributed by atoms with Crippen LogP contribution in [-0.2, 0) is 13.6 Å². The van der Waals surface area contributed by atoms with Crippen molar-refractivity contribution in [3.63, 3.8) is 0 Å². The van der Waals surface area contributed by atoms with E-state index in [9.17, 15) is 19.7 Å². The molecule has 1 unspecified atom stereocenters. The van der Waals surface area contributed by atoms with Gasteiger partial charge in [-0.3, -0.25) is 28.6 Å². The molecule has 0 spiro atoms. The van der Waals surface area contributed by atoms with Crippen LogP contribution in [0.4, 0.5) is 11.6 Å². The lowest BCUT2D eigenvalue weighted by atomic mass is 10.1. The number of anilines is 1. The van der Waals surface area contributed by atoms with Gasteiger partial charge < -0.3 is 10.6 Å². The van der Waals surface area contributed by atoms with Gasteiger partial charge in [0, 0.05) is 38.3 Å². The minimum atomic E-state index is -0.649. The summed E-state index contributed by atoms with van der Waals surface area (Å²) in [6, 6.07) is 5.18. The predicted octanol–water partition coefficient (Wildman–Crippen LogP) is 1.37. The molecule has 2 N–H and O–H groups in total. The van der Waals surface area contributed by atoms with E-state index in [-0.39, 0.29) is 29.4 Å². The highest BCUT2D eigenvalue weighted by molar-refractivity contribution is 5.75. The average molecular weight is 466 g/mol. The predicted molar refractivity (Wildman–Crippen MR) is 129 cm³/mol. The topological polar surface area (TPSA) is 134 Å². The van der Waals surface area contributed by atoms with Gasteiger partial charge in [0.1, 0.15) is 0 Å². The number of aromatic nitrogens is 4. The van der Waals surface area contributed by atoms with Crippen LogP contribution in [-0.4, -0.2) is 42.7 Å². The van der Waals surface area contributed by atoms with Crippen LogP contribution in [0.1, 0.15) is 38.3 Å². The highest BCUT2D eigenvalue weighted by Crippen LogP contribution is 2.24. The maximum Gasteiger partial charge on any atom is 0.333 e. The number of nitro groups is 1. The Morgan fingerprint density at radius 1 is 1.29 bits per heavy atom. The van der Waals surface area contributed by atoms with E-state index in [0.717, 1.165) is 24.0 Å². The van der Waals surface area contributed by atoms with Gasteiger partial charge in [-0.25, -0.2) is 4.79 Å². The fourth-order valence-corrected chi connectivity index (χ4v) is 4.43. The molecular formula is C23H27N7O4. The first-order valence-corrected chi connectivity index (χ1v) is 11.1. The number of hydrogen-bond acceptors (Lipinski definition) is 7. The van der Waals surface area contributed by atoms with Crippen molar-refractivity contribution in [2.45, 2.75) is 45.3 Å². The molecular weight excluding hydrogens is 438 g/mol. The first kappa shape index (κ1) is 23.3. The summed E-state index contributed by atoms with van der Waals surface area (Å²) in [6.07, 6.45) is 1.83. The normalized spacial score (nSPS) is 16.8. The van der Waals surface area contributed by atoms with Gasteiger partial charge in [-0.15, -0.1) is 5.92 Å². The van der Waals surface area contributed by atoms with Crippen LogP contribution in [0.5, 0.6) is 0 Å². The third-order valence-corrected chi connectivity index (χ3v) is 6.29. The fraction of sp³-hybridized carbons (Fsp3) is 0.435. The van der Waals surface area contributed by atoms with Crippen LogP contribution in [0, 0.1) is 22.0 Å². The first-order chi connectivity index (χ1) is 16.2. The van der Waals surface area contributed by atoms with Crippen molar-refractivity contribution >= 4 is 22.8 Å². The van der Waals surface area contributed by atoms with E-state index < -0.39 is 22.2 Å². The van der Waals surface area contributed by atoms with Gasteiger partial charge in [-0.05, 0) is 32.3 Å². The quantitative estimate of drug-likeness (QED) is 0.342. The lowest BCUT2D eigenvalue weighted by Gasteiger charge is -2.31. The minimum absolute atomic E-state index is 0.00177. The first-order valence-electron chi connectivity index (χ1n) is 11.1. The number of piperidine rings is 1. The molecule has 34 heavy (non-hydrogen) atoms. The van der Waals surface area contributed by atoms with E-state index in [4.69, 9.17) is 5.73 Å². The maximum atomic E-state index is 13.7. The van der Waals surface area contributed by atoms with Gasteiger partial charge in [-0.2, -0.15) is 4.98 Å². The number of imidazole rings is 1. The Morgan fingerprint density at radius 2 is 2.00 bits per heavy atom. The van der Waals surface area contributed by atoms with Crippen molar-refractivity contribution in [2.75, 3.05) is 18.0 Å². The summed E-state index contributed by atoms with van der Waals surface area (Å²) in [4.78, 5) is 44.2. The van der Waals surface area contributed by atoms with Gasteiger partial charge in [0.05, 0.1) is 17.5 Å². The summed E-state index contributed by atoms with van der Waals surface area (Å²) >= 11 is 0. The molecule has 11 nitrogen and oxygen atoms in total. The zero-order valence-corrected chi connectivity index (χ0v) is 19.4. The maximum absolute atomic E-state index is 13.7. The Hall–Kier alpha value is -3.91. The molecule has 1 aliphatic heterocycles. The summed E-state index contributed by atoms with van der Waals surface area (Å²) in [5.41, 5.74) is 6.29. The second kappa shape index (κ2) is 9.15. The van der Waals surface area contributed by atoms with E-state index >= 15 is 0 Å². The number of aryl methyl sites for hydroxylation is 1. The molecule has 3 heterocycles. The second-order valence-electron chi connectivity index (χ2n) is 8.49. The van der Waals surface area contributed by atoms with Crippen LogP contribution < -0.4 is 21.9 Å². The molecule has 0 amide bonds. The molecule has 1 aromatic carbocycles. The molecule has 0 aliphatic carbocycles. The largest absolute Gasteiger partial charge is 0.341 e. The van der Waals surface area contributed by atoms with Crippen molar-refractivity contribution in [1.82, 2.24) is 18.7 Å². The number of nitro benzene ring substituents is 1. The van der Waals surface area contributed by atoms with Gasteiger partial charge in [0.2, 0.25) is 5.95 Å². The Labute approximate surface area is 195 Å². The van der Waals surface area contributed by atoms with Crippen molar-refractivity contribution < 1.29 is 4.92 Å². The molecule has 11 heteroatoms. The second-order valence-corrected chi connectivity index (χ2v) is 8.49. The number of non-ortho nitro benzene ring substituents is 1. The van der Waals surface area contributed by atoms with E-state index in [0.29, 0.717) is 18.1 Å². The Morgan fingerprint density at radius 3 is 2.62 bits per heavy atom. The Balaban J connectivity index is 1.92. The highest BCUT2D eigenvalue weighted by Gasteiger charge is 2.27. The fourth-order valence-electron chi connectivity index (χ4n) is 4.43. The Kier molecular flexibility index (Phi) is 6.26. The number of hydrogen-bond donors (Lipinski definition) is 1. The molecule has 2 atom stereocenters. The average Bonchev–Trinajstić information content (AvgIpc) is 3.21. The van der Waals surface area contributed by atoms with Gasteiger partial charge in [0.25, 0.3) is 11.2 Å². The third-order valence-electron chi connectivity index (χ3n) is 6.29. The number of nitrogens with two attached hydrogens (primary N) is 1. The van der Waals surface area contributed by atoms with Crippen molar-refractivity contribution in [3.05, 3.63) is 60.8 Å². The SMILES string of the molecule is CC#CCn1c(N2CCC[C@@H](N)C2)nc2c1c(=O)n(C(C)c1ccc([N+](=O)[O-])cc1)c(=O)n2C. The standard InChI is InChI=1S/C23H27N7O4/c1-4-5-13-28-19-20(25-22(28)27-12-6-7-17(24)14-27)26(3)23(32)29(21(19)31)15(2)16-8-10-18(11-9-16)30(33)34/h8-11,15,17H,6-7,12-14,24H2,1-3H3/t15?,17-/m1/s1. The van der Waals surface area contributed by atoms with Crippen molar-refractivity contribution in [2.24, 2.45) is 12.8 Å². The van der Waals surface area contributed by atoms with E-state index in [2.05, 4.69) is 16.8 Å². The minimum Gasteiger partial charge on any atom is -0.341 e. The van der Waals surface area contributed by atoms with Crippen molar-refractivity contribution in [1.29, 1.82) is 0 Å². The number of rotatable bonds is 5. The van der Waals surface area contributed by atoms with Gasteiger partial charge in [0.15, 0.2) is 11.2 Å². The monoisotopic (exact) mass is 465 g/mol. The van der Waals surface area contributed by atoms with Crippen LogP contribution in [0.2, 0.25) is 0 Å². The summed E-state index contributed by atoms with van der Waals surface area (Å²) < 4.78 is 4.28. The van der Waals surface area contributed by atoms with Gasteiger partial charge in [-0.1, -0.05) is 18.1 Å². The molecule has 3 aromatic rings. The lowest BCUT2D eigenvalue weighted by Crippen LogP contribution is -2.44. The summed E-state index contributed by atoms with van der Waals surface area (Å²) in [5, 5.41) is 11.0. The molecule has 0 saturated carbocycles. The molecule has 1 fully saturated rings. The van der Waals surface area contributed by atoms with E-state index in [1.165, 1.54) is 16.7 Å². The molecule has 0 radical (unpaired) electrons. The van der Waals surface area contributed by atoms with E-state index in [1.54, 1.807) is 37.6 Å². The smallest absolute Gasteiger partial charge is 0.333 e.